The van der Waals surface area contributed by atoms with Crippen molar-refractivity contribution in [3.8, 4) is 11.5 Å². The average Bonchev–Trinajstić information content (AvgIpc) is 2.79. The first-order valence-electron chi connectivity index (χ1n) is 9.82. The molecule has 0 aromatic heterocycles. The summed E-state index contributed by atoms with van der Waals surface area (Å²) < 4.78 is 7.52. The maximum absolute atomic E-state index is 12.5. The topological polar surface area (TPSA) is 70.9 Å². The van der Waals surface area contributed by atoms with Crippen LogP contribution >= 0.6 is 43.5 Å². The van der Waals surface area contributed by atoms with Crippen LogP contribution in [-0.2, 0) is 6.61 Å². The van der Waals surface area contributed by atoms with Gasteiger partial charge in [-0.3, -0.25) is 4.79 Å². The van der Waals surface area contributed by atoms with Gasteiger partial charge in [0, 0.05) is 4.47 Å². The van der Waals surface area contributed by atoms with E-state index in [-0.39, 0.29) is 11.3 Å². The third kappa shape index (κ3) is 5.74. The van der Waals surface area contributed by atoms with Gasteiger partial charge in [-0.2, -0.15) is 5.10 Å². The molecular weight excluding hydrogens is 572 g/mol. The normalized spacial score (nSPS) is 11.1. The Morgan fingerprint density at radius 1 is 1.03 bits per heavy atom. The maximum atomic E-state index is 12.5. The number of hydrogen-bond donors (Lipinski definition) is 2. The summed E-state index contributed by atoms with van der Waals surface area (Å²) in [5.41, 5.74) is 4.24. The van der Waals surface area contributed by atoms with Gasteiger partial charge in [-0.05, 0) is 74.2 Å². The van der Waals surface area contributed by atoms with E-state index < -0.39 is 5.91 Å². The number of nitrogens with one attached hydrogen (secondary N) is 1. The number of carbonyl (C=O) groups excluding carboxylic acids is 1. The number of aromatic hydroxyl groups is 1. The number of ether oxygens (including phenoxy) is 1. The van der Waals surface area contributed by atoms with Crippen molar-refractivity contribution >= 4 is 66.4 Å². The van der Waals surface area contributed by atoms with Crippen LogP contribution in [0.15, 0.2) is 86.8 Å². The lowest BCUT2D eigenvalue weighted by atomic mass is 10.1. The summed E-state index contributed by atoms with van der Waals surface area (Å²) in [4.78, 5) is 12.5. The number of benzene rings is 4. The third-order valence-corrected chi connectivity index (χ3v) is 6.20. The molecule has 8 heteroatoms. The van der Waals surface area contributed by atoms with Gasteiger partial charge in [0.15, 0.2) is 5.75 Å². The summed E-state index contributed by atoms with van der Waals surface area (Å²) in [5.74, 6) is -0.115. The monoisotopic (exact) mass is 586 g/mol. The van der Waals surface area contributed by atoms with Gasteiger partial charge < -0.3 is 9.84 Å². The highest BCUT2D eigenvalue weighted by molar-refractivity contribution is 9.10. The number of nitrogens with zero attached hydrogens (tertiary/aromatic N) is 1. The van der Waals surface area contributed by atoms with Gasteiger partial charge in [0.1, 0.15) is 12.4 Å². The van der Waals surface area contributed by atoms with Crippen molar-refractivity contribution in [1.29, 1.82) is 0 Å². The standard InChI is InChI=1S/C25H17Br2ClN2O3/c26-19-7-5-15(6-8-19)14-33-24-21(27)9-16(10-22(24)28)13-29-30-25(32)20-11-17-3-1-2-4-18(17)12-23(20)31/h1-13,31H,14H2,(H,30,32). The van der Waals surface area contributed by atoms with Gasteiger partial charge >= 0.3 is 0 Å². The molecule has 4 aromatic carbocycles. The summed E-state index contributed by atoms with van der Waals surface area (Å²) in [5, 5.41) is 16.3. The van der Waals surface area contributed by atoms with Crippen LogP contribution in [-0.4, -0.2) is 17.2 Å². The molecule has 0 saturated heterocycles. The number of phenolic OH excluding ortho intramolecular Hbond substituents is 1. The molecule has 0 aliphatic rings. The predicted molar refractivity (Wildman–Crippen MR) is 138 cm³/mol. The minimum atomic E-state index is -0.519. The summed E-state index contributed by atoms with van der Waals surface area (Å²) in [6, 6.07) is 21.9. The Bertz CT molecular complexity index is 1330. The molecule has 0 heterocycles. The van der Waals surface area contributed by atoms with Crippen molar-refractivity contribution in [3.05, 3.63) is 103 Å². The van der Waals surface area contributed by atoms with Crippen LogP contribution in [0, 0.1) is 0 Å². The molecule has 0 spiro atoms. The van der Waals surface area contributed by atoms with Crippen molar-refractivity contribution in [2.45, 2.75) is 6.61 Å². The average molecular weight is 589 g/mol. The van der Waals surface area contributed by atoms with E-state index in [2.05, 4.69) is 42.4 Å². The molecular formula is C25H17Br2ClN2O3. The number of fused-ring (bicyclic) bond motifs is 1. The van der Waals surface area contributed by atoms with Gasteiger partial charge in [0.2, 0.25) is 0 Å². The molecule has 166 valence electrons. The van der Waals surface area contributed by atoms with E-state index in [1.807, 2.05) is 48.5 Å². The summed E-state index contributed by atoms with van der Waals surface area (Å²) in [6.07, 6.45) is 1.46. The lowest BCUT2D eigenvalue weighted by Gasteiger charge is -2.11. The Hall–Kier alpha value is -2.87. The Kier molecular flexibility index (Phi) is 7.33. The first-order valence-corrected chi connectivity index (χ1v) is 11.8. The van der Waals surface area contributed by atoms with Crippen molar-refractivity contribution < 1.29 is 14.6 Å². The van der Waals surface area contributed by atoms with E-state index in [0.717, 1.165) is 20.8 Å². The second-order valence-corrected chi connectivity index (χ2v) is 9.32. The molecule has 0 radical (unpaired) electrons. The summed E-state index contributed by atoms with van der Waals surface area (Å²) in [7, 11) is 0. The highest BCUT2D eigenvalue weighted by atomic mass is 79.9. The van der Waals surface area contributed by atoms with Crippen molar-refractivity contribution in [2.24, 2.45) is 5.10 Å². The summed E-state index contributed by atoms with van der Waals surface area (Å²) in [6.45, 7) is 0.365. The number of phenols is 1. The van der Waals surface area contributed by atoms with Crippen LogP contribution in [0.2, 0.25) is 5.02 Å². The fraction of sp³-hybridized carbons (Fsp3) is 0.0400. The molecule has 0 bridgehead atoms. The molecule has 4 rings (SSSR count). The molecule has 5 nitrogen and oxygen atoms in total. The highest BCUT2D eigenvalue weighted by Crippen LogP contribution is 2.35. The van der Waals surface area contributed by atoms with Gasteiger partial charge in [-0.1, -0.05) is 63.9 Å². The van der Waals surface area contributed by atoms with E-state index in [0.29, 0.717) is 27.4 Å². The molecule has 0 fully saturated rings. The first-order chi connectivity index (χ1) is 15.9. The fourth-order valence-electron chi connectivity index (χ4n) is 3.16. The summed E-state index contributed by atoms with van der Waals surface area (Å²) >= 11 is 13.3. The molecule has 2 N–H and O–H groups in total. The van der Waals surface area contributed by atoms with Crippen molar-refractivity contribution in [2.75, 3.05) is 0 Å². The van der Waals surface area contributed by atoms with Crippen LogP contribution in [0.4, 0.5) is 0 Å². The van der Waals surface area contributed by atoms with Gasteiger partial charge in [-0.15, -0.1) is 0 Å². The number of halogens is 3. The second kappa shape index (κ2) is 10.4. The van der Waals surface area contributed by atoms with E-state index in [4.69, 9.17) is 16.3 Å². The highest BCUT2D eigenvalue weighted by Gasteiger charge is 2.12. The largest absolute Gasteiger partial charge is 0.507 e. The smallest absolute Gasteiger partial charge is 0.275 e. The van der Waals surface area contributed by atoms with Crippen LogP contribution in [0.3, 0.4) is 0 Å². The minimum Gasteiger partial charge on any atom is -0.507 e. The van der Waals surface area contributed by atoms with Gasteiger partial charge in [0.05, 0.1) is 21.3 Å². The van der Waals surface area contributed by atoms with E-state index in [9.17, 15) is 9.90 Å². The quantitative estimate of drug-likeness (QED) is 0.187. The Morgan fingerprint density at radius 2 is 1.73 bits per heavy atom. The number of rotatable bonds is 6. The zero-order valence-corrected chi connectivity index (χ0v) is 21.0. The molecule has 1 amide bonds. The molecule has 33 heavy (non-hydrogen) atoms. The van der Waals surface area contributed by atoms with Crippen LogP contribution in [0.1, 0.15) is 21.5 Å². The van der Waals surface area contributed by atoms with Gasteiger partial charge in [-0.25, -0.2) is 5.43 Å². The number of hydrogen-bond acceptors (Lipinski definition) is 4. The third-order valence-electron chi connectivity index (χ3n) is 4.81. The SMILES string of the molecule is O=C(NN=Cc1cc(Cl)c(OCc2ccc(Br)cc2)c(Br)c1)c1cc2ccccc2cc1O. The lowest BCUT2D eigenvalue weighted by Crippen LogP contribution is -2.17. The molecule has 4 aromatic rings. The Morgan fingerprint density at radius 3 is 2.42 bits per heavy atom. The predicted octanol–water partition coefficient (Wildman–Crippen LogP) is 7.07. The maximum Gasteiger partial charge on any atom is 0.275 e. The van der Waals surface area contributed by atoms with Crippen molar-refractivity contribution in [3.63, 3.8) is 0 Å². The second-order valence-electron chi connectivity index (χ2n) is 7.14. The zero-order chi connectivity index (χ0) is 23.4. The molecule has 0 aliphatic carbocycles. The molecule has 0 unspecified atom stereocenters. The minimum absolute atomic E-state index is 0.112. The Labute approximate surface area is 212 Å². The molecule has 0 saturated carbocycles. The van der Waals surface area contributed by atoms with E-state index in [1.165, 1.54) is 6.21 Å². The number of carbonyl (C=O) groups is 1. The van der Waals surface area contributed by atoms with Crippen molar-refractivity contribution in [1.82, 2.24) is 5.43 Å². The van der Waals surface area contributed by atoms with Crippen LogP contribution < -0.4 is 10.2 Å². The van der Waals surface area contributed by atoms with Crippen LogP contribution in [0.5, 0.6) is 11.5 Å². The lowest BCUT2D eigenvalue weighted by molar-refractivity contribution is 0.0952. The van der Waals surface area contributed by atoms with E-state index >= 15 is 0 Å². The van der Waals surface area contributed by atoms with Gasteiger partial charge in [0.25, 0.3) is 5.91 Å². The first kappa shape index (κ1) is 23.3. The zero-order valence-electron chi connectivity index (χ0n) is 17.1. The van der Waals surface area contributed by atoms with E-state index in [1.54, 1.807) is 24.3 Å². The number of amides is 1. The molecule has 0 aliphatic heterocycles. The molecule has 0 atom stereocenters. The number of hydrazone groups is 1. The Balaban J connectivity index is 1.43. The van der Waals surface area contributed by atoms with Crippen LogP contribution in [0.25, 0.3) is 10.8 Å². The fourth-order valence-corrected chi connectivity index (χ4v) is 4.42.